The summed E-state index contributed by atoms with van der Waals surface area (Å²) in [6, 6.07) is 2.00. The van der Waals surface area contributed by atoms with Gasteiger partial charge in [0, 0.05) is 52.3 Å². The van der Waals surface area contributed by atoms with E-state index in [1.165, 1.54) is 13.5 Å². The molecule has 2 aliphatic rings. The number of aliphatic hydroxyl groups excluding tert-OH is 1. The molecule has 0 saturated carbocycles. The van der Waals surface area contributed by atoms with Gasteiger partial charge in [0.1, 0.15) is 11.5 Å². The predicted octanol–water partition coefficient (Wildman–Crippen LogP) is 1.53. The molecular formula is C18H29N5O3. The first-order valence-corrected chi connectivity index (χ1v) is 9.43. The molecule has 1 amide bonds. The second-order valence-corrected chi connectivity index (χ2v) is 7.04. The highest BCUT2D eigenvalue weighted by molar-refractivity contribution is 5.73. The number of rotatable bonds is 5. The van der Waals surface area contributed by atoms with E-state index in [1.54, 1.807) is 13.0 Å². The summed E-state index contributed by atoms with van der Waals surface area (Å²) in [5.41, 5.74) is 0.465. The Labute approximate surface area is 154 Å². The van der Waals surface area contributed by atoms with Crippen LogP contribution in [0.5, 0.6) is 0 Å². The molecule has 8 nitrogen and oxygen atoms in total. The Balaban J connectivity index is 1.74. The predicted molar refractivity (Wildman–Crippen MR) is 99.0 cm³/mol. The SMILES string of the molecule is COC(O)c1cc(NC2CCN(C(C)=O)CC2)nc(N2CCCCC2)n1. The minimum absolute atomic E-state index is 0.128. The number of piperidine rings is 2. The third-order valence-corrected chi connectivity index (χ3v) is 5.14. The number of aliphatic hydroxyl groups is 1. The first-order valence-electron chi connectivity index (χ1n) is 9.43. The van der Waals surface area contributed by atoms with Gasteiger partial charge in [0.25, 0.3) is 0 Å². The highest BCUT2D eigenvalue weighted by atomic mass is 16.6. The molecule has 2 saturated heterocycles. The second kappa shape index (κ2) is 8.64. The Morgan fingerprint density at radius 1 is 1.23 bits per heavy atom. The van der Waals surface area contributed by atoms with E-state index >= 15 is 0 Å². The zero-order valence-electron chi connectivity index (χ0n) is 15.6. The molecule has 2 aliphatic heterocycles. The van der Waals surface area contributed by atoms with Crippen molar-refractivity contribution in [3.8, 4) is 0 Å². The lowest BCUT2D eigenvalue weighted by molar-refractivity contribution is -0.129. The van der Waals surface area contributed by atoms with E-state index in [0.717, 1.165) is 51.9 Å². The molecule has 0 aromatic carbocycles. The van der Waals surface area contributed by atoms with Crippen molar-refractivity contribution < 1.29 is 14.6 Å². The summed E-state index contributed by atoms with van der Waals surface area (Å²) in [4.78, 5) is 24.7. The van der Waals surface area contributed by atoms with E-state index in [0.29, 0.717) is 17.5 Å². The van der Waals surface area contributed by atoms with Gasteiger partial charge in [0.05, 0.1) is 0 Å². The van der Waals surface area contributed by atoms with Gasteiger partial charge >= 0.3 is 0 Å². The number of hydrogen-bond acceptors (Lipinski definition) is 7. The molecule has 3 heterocycles. The van der Waals surface area contributed by atoms with Crippen LogP contribution in [0.2, 0.25) is 0 Å². The van der Waals surface area contributed by atoms with Crippen molar-refractivity contribution in [2.75, 3.05) is 43.5 Å². The third kappa shape index (κ3) is 4.62. The fraction of sp³-hybridized carbons (Fsp3) is 0.722. The van der Waals surface area contributed by atoms with E-state index in [2.05, 4.69) is 20.2 Å². The molecule has 1 atom stereocenters. The number of carbonyl (C=O) groups excluding carboxylic acids is 1. The lowest BCUT2D eigenvalue weighted by Gasteiger charge is -2.32. The number of amides is 1. The number of carbonyl (C=O) groups is 1. The van der Waals surface area contributed by atoms with E-state index in [9.17, 15) is 9.90 Å². The number of ether oxygens (including phenoxy) is 1. The summed E-state index contributed by atoms with van der Waals surface area (Å²) >= 11 is 0. The molecule has 0 bridgehead atoms. The number of methoxy groups -OCH3 is 1. The number of hydrogen-bond donors (Lipinski definition) is 2. The van der Waals surface area contributed by atoms with Crippen LogP contribution in [-0.2, 0) is 9.53 Å². The number of nitrogens with zero attached hydrogens (tertiary/aromatic N) is 4. The van der Waals surface area contributed by atoms with Crippen LogP contribution in [0, 0.1) is 0 Å². The van der Waals surface area contributed by atoms with Crippen LogP contribution in [0.15, 0.2) is 6.07 Å². The molecule has 1 aromatic rings. The van der Waals surface area contributed by atoms with Crippen molar-refractivity contribution in [1.82, 2.24) is 14.9 Å². The normalized spacial score (nSPS) is 20.1. The van der Waals surface area contributed by atoms with E-state index in [-0.39, 0.29) is 11.9 Å². The zero-order chi connectivity index (χ0) is 18.5. The van der Waals surface area contributed by atoms with Crippen molar-refractivity contribution in [3.05, 3.63) is 11.8 Å². The molecule has 1 aromatic heterocycles. The van der Waals surface area contributed by atoms with Crippen molar-refractivity contribution in [2.45, 2.75) is 51.4 Å². The second-order valence-electron chi connectivity index (χ2n) is 7.04. The van der Waals surface area contributed by atoms with Gasteiger partial charge in [0.15, 0.2) is 6.29 Å². The number of likely N-dealkylation sites (tertiary alicyclic amines) is 1. The molecule has 2 N–H and O–H groups in total. The lowest BCUT2D eigenvalue weighted by Crippen LogP contribution is -2.41. The molecular weight excluding hydrogens is 334 g/mol. The van der Waals surface area contributed by atoms with E-state index in [4.69, 9.17) is 4.74 Å². The Kier molecular flexibility index (Phi) is 6.26. The number of nitrogens with one attached hydrogen (secondary N) is 1. The van der Waals surface area contributed by atoms with Crippen LogP contribution in [0.1, 0.15) is 51.0 Å². The van der Waals surface area contributed by atoms with Crippen LogP contribution < -0.4 is 10.2 Å². The van der Waals surface area contributed by atoms with E-state index in [1.807, 2.05) is 4.90 Å². The molecule has 0 aliphatic carbocycles. The maximum Gasteiger partial charge on any atom is 0.227 e. The first-order chi connectivity index (χ1) is 12.6. The summed E-state index contributed by atoms with van der Waals surface area (Å²) < 4.78 is 5.04. The molecule has 1 unspecified atom stereocenters. The van der Waals surface area contributed by atoms with Gasteiger partial charge in [0.2, 0.25) is 11.9 Å². The maximum atomic E-state index is 11.5. The van der Waals surface area contributed by atoms with Crippen LogP contribution in [0.4, 0.5) is 11.8 Å². The van der Waals surface area contributed by atoms with Gasteiger partial charge < -0.3 is 25.0 Å². The average Bonchev–Trinajstić information content (AvgIpc) is 2.68. The summed E-state index contributed by atoms with van der Waals surface area (Å²) in [5.74, 6) is 1.47. The van der Waals surface area contributed by atoms with Gasteiger partial charge in [-0.25, -0.2) is 4.98 Å². The Morgan fingerprint density at radius 2 is 1.92 bits per heavy atom. The van der Waals surface area contributed by atoms with Crippen LogP contribution in [0.25, 0.3) is 0 Å². The number of anilines is 2. The molecule has 0 spiro atoms. The third-order valence-electron chi connectivity index (χ3n) is 5.14. The Morgan fingerprint density at radius 3 is 2.54 bits per heavy atom. The molecule has 3 rings (SSSR count). The highest BCUT2D eigenvalue weighted by Crippen LogP contribution is 2.23. The van der Waals surface area contributed by atoms with Crippen molar-refractivity contribution in [2.24, 2.45) is 0 Å². The minimum atomic E-state index is -1.07. The molecule has 26 heavy (non-hydrogen) atoms. The van der Waals surface area contributed by atoms with Crippen molar-refractivity contribution >= 4 is 17.7 Å². The van der Waals surface area contributed by atoms with Gasteiger partial charge in [-0.3, -0.25) is 4.79 Å². The quantitative estimate of drug-likeness (QED) is 0.767. The van der Waals surface area contributed by atoms with Crippen LogP contribution >= 0.6 is 0 Å². The minimum Gasteiger partial charge on any atom is -0.367 e. The molecule has 8 heteroatoms. The molecule has 144 valence electrons. The fourth-order valence-corrected chi connectivity index (χ4v) is 3.56. The first kappa shape index (κ1) is 18.8. The van der Waals surface area contributed by atoms with Crippen molar-refractivity contribution in [3.63, 3.8) is 0 Å². The highest BCUT2D eigenvalue weighted by Gasteiger charge is 2.23. The summed E-state index contributed by atoms with van der Waals surface area (Å²) in [6.45, 7) is 4.99. The topological polar surface area (TPSA) is 90.8 Å². The average molecular weight is 363 g/mol. The van der Waals surface area contributed by atoms with Crippen LogP contribution in [0.3, 0.4) is 0 Å². The standard InChI is InChI=1S/C18H29N5O3/c1-13(24)22-10-6-14(7-11-22)19-16-12-15(17(25)26-2)20-18(21-16)23-8-4-3-5-9-23/h12,14,17,25H,3-11H2,1-2H3,(H,19,20,21). The van der Waals surface area contributed by atoms with Crippen LogP contribution in [-0.4, -0.2) is 65.2 Å². The number of aromatic nitrogens is 2. The van der Waals surface area contributed by atoms with Gasteiger partial charge in [-0.05, 0) is 32.1 Å². The van der Waals surface area contributed by atoms with Crippen molar-refractivity contribution in [1.29, 1.82) is 0 Å². The Bertz CT molecular complexity index is 613. The van der Waals surface area contributed by atoms with Gasteiger partial charge in [-0.1, -0.05) is 0 Å². The monoisotopic (exact) mass is 363 g/mol. The smallest absolute Gasteiger partial charge is 0.227 e. The summed E-state index contributed by atoms with van der Waals surface area (Å²) in [6.07, 6.45) is 4.19. The zero-order valence-corrected chi connectivity index (χ0v) is 15.6. The fourth-order valence-electron chi connectivity index (χ4n) is 3.56. The van der Waals surface area contributed by atoms with E-state index < -0.39 is 6.29 Å². The lowest BCUT2D eigenvalue weighted by atomic mass is 10.1. The van der Waals surface area contributed by atoms with Gasteiger partial charge in [-0.15, -0.1) is 0 Å². The largest absolute Gasteiger partial charge is 0.367 e. The summed E-state index contributed by atoms with van der Waals surface area (Å²) in [7, 11) is 1.46. The molecule has 0 radical (unpaired) electrons. The maximum absolute atomic E-state index is 11.5. The Hall–Kier alpha value is -1.93. The molecule has 2 fully saturated rings. The summed E-state index contributed by atoms with van der Waals surface area (Å²) in [5, 5.41) is 13.5. The van der Waals surface area contributed by atoms with Gasteiger partial charge in [-0.2, -0.15) is 4.98 Å².